The molecule has 188 valence electrons. The number of amides is 1. The highest BCUT2D eigenvalue weighted by Gasteiger charge is 2.79. The second-order valence-corrected chi connectivity index (χ2v) is 7.50. The molecule has 1 heterocycles. The molecule has 0 saturated heterocycles. The van der Waals surface area contributed by atoms with Gasteiger partial charge in [0.05, 0.1) is 5.56 Å². The van der Waals surface area contributed by atoms with Crippen molar-refractivity contribution < 1.29 is 61.9 Å². The fourth-order valence-corrected chi connectivity index (χ4v) is 3.58. The molecular formula is C15H10F13N3OS. The van der Waals surface area contributed by atoms with E-state index in [-0.39, 0.29) is 28.2 Å². The smallest absolute Gasteiger partial charge is 0.338 e. The summed E-state index contributed by atoms with van der Waals surface area (Å²) in [5, 5.41) is 8.00. The van der Waals surface area contributed by atoms with Crippen LogP contribution in [0.2, 0.25) is 0 Å². The number of halogens is 13. The molecule has 0 radical (unpaired) electrons. The summed E-state index contributed by atoms with van der Waals surface area (Å²) in [5.41, 5.74) is -6.86. The number of carbonyl (C=O) groups is 1. The first-order valence-corrected chi connectivity index (χ1v) is 8.92. The van der Waals surface area contributed by atoms with Gasteiger partial charge in [0.2, 0.25) is 0 Å². The highest BCUT2D eigenvalue weighted by Crippen LogP contribution is 2.49. The Morgan fingerprint density at radius 3 is 1.70 bits per heavy atom. The number of hydrogen-bond acceptors (Lipinski definition) is 4. The van der Waals surface area contributed by atoms with Gasteiger partial charge in [0, 0.05) is 4.88 Å². The lowest BCUT2D eigenvalue weighted by molar-refractivity contribution is -0.346. The maximum atomic E-state index is 13.5. The highest BCUT2D eigenvalue weighted by molar-refractivity contribution is 7.16. The van der Waals surface area contributed by atoms with Gasteiger partial charge in [0.25, 0.3) is 5.91 Å². The lowest BCUT2D eigenvalue weighted by atomic mass is 10.0. The first-order valence-electron chi connectivity index (χ1n) is 8.10. The van der Waals surface area contributed by atoms with Crippen molar-refractivity contribution >= 4 is 22.2 Å². The summed E-state index contributed by atoms with van der Waals surface area (Å²) in [6.45, 7) is 2.51. The van der Waals surface area contributed by atoms with Crippen LogP contribution >= 0.6 is 11.3 Å². The Labute approximate surface area is 179 Å². The average molecular weight is 527 g/mol. The first-order chi connectivity index (χ1) is 14.5. The number of hydrogen-bond donors (Lipinski definition) is 2. The summed E-state index contributed by atoms with van der Waals surface area (Å²) < 4.78 is 171. The summed E-state index contributed by atoms with van der Waals surface area (Å²) in [4.78, 5) is 11.4. The van der Waals surface area contributed by atoms with Crippen molar-refractivity contribution in [3.8, 4) is 6.07 Å². The van der Waals surface area contributed by atoms with Gasteiger partial charge < -0.3 is 10.6 Å². The number of aryl methyl sites for hydroxylation is 1. The van der Waals surface area contributed by atoms with Gasteiger partial charge in [-0.05, 0) is 18.9 Å². The van der Waals surface area contributed by atoms with Gasteiger partial charge in [-0.25, -0.2) is 0 Å². The molecule has 1 rings (SSSR count). The number of carbonyl (C=O) groups excluding carboxylic acids is 1. The largest absolute Gasteiger partial charge is 0.460 e. The molecule has 1 aromatic heterocycles. The summed E-state index contributed by atoms with van der Waals surface area (Å²) in [6, 6.07) is 1.27. The maximum Gasteiger partial charge on any atom is 0.460 e. The normalized spacial score (nSPS) is 14.1. The zero-order chi connectivity index (χ0) is 26.4. The van der Waals surface area contributed by atoms with Gasteiger partial charge in [-0.3, -0.25) is 4.79 Å². The molecule has 0 saturated carbocycles. The SMILES string of the molecule is CCc1c(C)sc(NC(NC(=O)C(F)(F)C(F)(F)C(F)(F)F)(C(F)(F)F)C(F)(F)F)c1C#N. The molecule has 0 aliphatic rings. The van der Waals surface area contributed by atoms with Crippen LogP contribution in [0.25, 0.3) is 0 Å². The molecule has 0 atom stereocenters. The van der Waals surface area contributed by atoms with E-state index in [0.29, 0.717) is 5.32 Å². The van der Waals surface area contributed by atoms with Crippen molar-refractivity contribution in [3.05, 3.63) is 16.0 Å². The molecule has 33 heavy (non-hydrogen) atoms. The van der Waals surface area contributed by atoms with E-state index in [9.17, 15) is 61.9 Å². The van der Waals surface area contributed by atoms with Crippen LogP contribution in [0.1, 0.15) is 22.9 Å². The fraction of sp³-hybridized carbons (Fsp3) is 0.600. The molecular weight excluding hydrogens is 517 g/mol. The van der Waals surface area contributed by atoms with Crippen molar-refractivity contribution in [2.45, 2.75) is 56.3 Å². The van der Waals surface area contributed by atoms with Crippen molar-refractivity contribution in [3.63, 3.8) is 0 Å². The van der Waals surface area contributed by atoms with Crippen molar-refractivity contribution in [2.75, 3.05) is 5.32 Å². The molecule has 4 nitrogen and oxygen atoms in total. The first kappa shape index (κ1) is 28.6. The van der Waals surface area contributed by atoms with Gasteiger partial charge in [-0.1, -0.05) is 6.92 Å². The van der Waals surface area contributed by atoms with E-state index in [1.54, 1.807) is 0 Å². The van der Waals surface area contributed by atoms with Crippen LogP contribution in [-0.4, -0.2) is 41.9 Å². The second-order valence-electron chi connectivity index (χ2n) is 6.28. The van der Waals surface area contributed by atoms with Gasteiger partial charge in [-0.15, -0.1) is 11.3 Å². The highest BCUT2D eigenvalue weighted by atomic mass is 32.1. The van der Waals surface area contributed by atoms with Crippen molar-refractivity contribution in [1.29, 1.82) is 5.26 Å². The van der Waals surface area contributed by atoms with Crippen LogP contribution in [0.5, 0.6) is 0 Å². The lowest BCUT2D eigenvalue weighted by Gasteiger charge is -2.40. The van der Waals surface area contributed by atoms with E-state index in [0.717, 1.165) is 6.92 Å². The number of nitrogens with zero attached hydrogens (tertiary/aromatic N) is 1. The molecule has 0 aliphatic heterocycles. The minimum atomic E-state index is -7.33. The van der Waals surface area contributed by atoms with Crippen molar-refractivity contribution in [2.24, 2.45) is 0 Å². The standard InChI is InChI=1S/C15H10F13N3OS/c1-3-6-5(2)33-8(7(6)4-29)30-12(14(23,24)25,15(26,27)28)31-9(32)10(16,17)11(18,19)13(20,21)22/h30H,3H2,1-2H3,(H,31,32). The molecule has 2 N–H and O–H groups in total. The molecule has 0 bridgehead atoms. The third-order valence-electron chi connectivity index (χ3n) is 4.16. The third-order valence-corrected chi connectivity index (χ3v) is 5.23. The average Bonchev–Trinajstić information content (AvgIpc) is 2.91. The Kier molecular flexibility index (Phi) is 7.28. The fourth-order valence-electron chi connectivity index (χ4n) is 2.43. The summed E-state index contributed by atoms with van der Waals surface area (Å²) in [6.07, 6.45) is -21.0. The minimum Gasteiger partial charge on any atom is -0.338 e. The van der Waals surface area contributed by atoms with Gasteiger partial charge >= 0.3 is 36.0 Å². The molecule has 0 spiro atoms. The number of alkyl halides is 13. The Bertz CT molecular complexity index is 923. The van der Waals surface area contributed by atoms with Crippen LogP contribution in [0.4, 0.5) is 62.1 Å². The Hall–Kier alpha value is -2.45. The third kappa shape index (κ3) is 4.64. The molecule has 0 aliphatic carbocycles. The number of rotatable bonds is 6. The molecule has 0 fully saturated rings. The topological polar surface area (TPSA) is 64.9 Å². The Balaban J connectivity index is 3.76. The number of nitriles is 1. The van der Waals surface area contributed by atoms with E-state index < -0.39 is 57.8 Å². The van der Waals surface area contributed by atoms with E-state index in [4.69, 9.17) is 5.26 Å². The monoisotopic (exact) mass is 527 g/mol. The van der Waals surface area contributed by atoms with Crippen LogP contribution in [-0.2, 0) is 11.2 Å². The second kappa shape index (κ2) is 8.40. The van der Waals surface area contributed by atoms with E-state index in [2.05, 4.69) is 0 Å². The van der Waals surface area contributed by atoms with Crippen LogP contribution in [0, 0.1) is 18.3 Å². The lowest BCUT2D eigenvalue weighted by Crippen LogP contribution is -2.75. The zero-order valence-electron chi connectivity index (χ0n) is 15.9. The van der Waals surface area contributed by atoms with Crippen LogP contribution in [0.15, 0.2) is 0 Å². The zero-order valence-corrected chi connectivity index (χ0v) is 16.7. The van der Waals surface area contributed by atoms with Crippen molar-refractivity contribution in [1.82, 2.24) is 5.32 Å². The number of anilines is 1. The maximum absolute atomic E-state index is 13.5. The van der Waals surface area contributed by atoms with E-state index >= 15 is 0 Å². The quantitative estimate of drug-likeness (QED) is 0.370. The van der Waals surface area contributed by atoms with Gasteiger partial charge in [0.1, 0.15) is 11.1 Å². The van der Waals surface area contributed by atoms with Gasteiger partial charge in [-0.2, -0.15) is 62.3 Å². The summed E-state index contributed by atoms with van der Waals surface area (Å²) in [5.74, 6) is -18.7. The minimum absolute atomic E-state index is 0.00457. The van der Waals surface area contributed by atoms with Crippen LogP contribution in [0.3, 0.4) is 0 Å². The van der Waals surface area contributed by atoms with Gasteiger partial charge in [0.15, 0.2) is 0 Å². The molecule has 0 unspecified atom stereocenters. The Morgan fingerprint density at radius 2 is 1.36 bits per heavy atom. The predicted octanol–water partition coefficient (Wildman–Crippen LogP) is 5.67. The molecule has 1 aromatic rings. The molecule has 18 heteroatoms. The summed E-state index contributed by atoms with van der Waals surface area (Å²) in [7, 11) is 0. The van der Waals surface area contributed by atoms with Crippen LogP contribution < -0.4 is 10.6 Å². The van der Waals surface area contributed by atoms with E-state index in [1.165, 1.54) is 13.0 Å². The summed E-state index contributed by atoms with van der Waals surface area (Å²) >= 11 is 0.0931. The molecule has 0 aromatic carbocycles. The predicted molar refractivity (Wildman–Crippen MR) is 85.7 cm³/mol. The Morgan fingerprint density at radius 1 is 0.909 bits per heavy atom. The molecule has 1 amide bonds. The number of nitrogens with one attached hydrogen (secondary N) is 2. The number of thiophene rings is 1. The van der Waals surface area contributed by atoms with E-state index in [1.807, 2.05) is 0 Å².